The summed E-state index contributed by atoms with van der Waals surface area (Å²) in [7, 11) is 0. The van der Waals surface area contributed by atoms with Crippen LogP contribution in [0.3, 0.4) is 0 Å². The van der Waals surface area contributed by atoms with Crippen LogP contribution in [0, 0.1) is 10.1 Å². The van der Waals surface area contributed by atoms with Gasteiger partial charge in [-0.25, -0.2) is 9.25 Å². The first-order valence-electron chi connectivity index (χ1n) is 11.7. The smallest absolute Gasteiger partial charge is 0.390 e. The molecule has 1 unspecified atom stereocenters. The fraction of sp³-hybridized carbons (Fsp3) is 0.280. The minimum atomic E-state index is -0.548. The average Bonchev–Trinajstić information content (AvgIpc) is 3.54. The van der Waals surface area contributed by atoms with E-state index in [1.807, 2.05) is 41.4 Å². The molecule has 3 heterocycles. The van der Waals surface area contributed by atoms with Gasteiger partial charge in [0, 0.05) is 30.6 Å². The number of aromatic nitrogens is 4. The maximum absolute atomic E-state index is 12.8. The van der Waals surface area contributed by atoms with Gasteiger partial charge in [0.2, 0.25) is 5.91 Å². The van der Waals surface area contributed by atoms with Crippen molar-refractivity contribution >= 4 is 28.7 Å². The number of amides is 2. The number of primary amides is 1. The van der Waals surface area contributed by atoms with Gasteiger partial charge in [-0.3, -0.25) is 9.59 Å². The second kappa shape index (κ2) is 9.61. The summed E-state index contributed by atoms with van der Waals surface area (Å²) in [4.78, 5) is 40.6. The summed E-state index contributed by atoms with van der Waals surface area (Å²) in [6.45, 7) is 1.51. The van der Waals surface area contributed by atoms with Crippen molar-refractivity contribution < 1.29 is 14.5 Å². The van der Waals surface area contributed by atoms with E-state index < -0.39 is 10.8 Å². The van der Waals surface area contributed by atoms with Crippen LogP contribution >= 0.6 is 0 Å². The third kappa shape index (κ3) is 4.54. The Balaban J connectivity index is 1.26. The van der Waals surface area contributed by atoms with Gasteiger partial charge in [0.05, 0.1) is 24.2 Å². The molecule has 184 valence electrons. The number of imidazole rings is 1. The standard InChI is InChI=1S/C25H25N7O4/c26-24(34)21-5-1-3-19-16-31(28-23(19)21)20-8-6-17(7-9-20)18-4-2-12-30(15-18)22(33)10-13-29-14-11-27-25(29)32(35)36/h1,3,5-9,11,14,16,18H,2,4,10,12-13,15H2,(H2,26,34). The maximum Gasteiger partial charge on any atom is 0.434 e. The number of benzene rings is 2. The van der Waals surface area contributed by atoms with Crippen molar-refractivity contribution in [1.82, 2.24) is 24.2 Å². The van der Waals surface area contributed by atoms with E-state index in [1.165, 1.54) is 17.0 Å². The molecule has 2 amide bonds. The number of hydrogen-bond donors (Lipinski definition) is 1. The molecule has 1 fully saturated rings. The molecule has 1 aliphatic rings. The Morgan fingerprint density at radius 1 is 1.17 bits per heavy atom. The molecule has 1 atom stereocenters. The SMILES string of the molecule is NC(=O)c1cccc2cn(-c3ccc(C4CCCN(C(=O)CCn5ccnc5[N+](=O)[O-])C4)cc3)nc12. The molecule has 1 aliphatic heterocycles. The summed E-state index contributed by atoms with van der Waals surface area (Å²) in [6, 6.07) is 13.4. The highest BCUT2D eigenvalue weighted by Gasteiger charge is 2.25. The van der Waals surface area contributed by atoms with Crippen LogP contribution in [0.5, 0.6) is 0 Å². The van der Waals surface area contributed by atoms with E-state index in [1.54, 1.807) is 16.8 Å². The third-order valence-corrected chi connectivity index (χ3v) is 6.63. The van der Waals surface area contributed by atoms with Gasteiger partial charge in [0.1, 0.15) is 17.9 Å². The van der Waals surface area contributed by atoms with E-state index in [-0.39, 0.29) is 30.7 Å². The van der Waals surface area contributed by atoms with Crippen molar-refractivity contribution in [3.05, 3.63) is 82.3 Å². The fourth-order valence-electron chi connectivity index (χ4n) is 4.77. The molecule has 11 nitrogen and oxygen atoms in total. The Morgan fingerprint density at radius 2 is 1.97 bits per heavy atom. The van der Waals surface area contributed by atoms with Gasteiger partial charge < -0.3 is 20.7 Å². The number of nitro groups is 1. The molecule has 0 aliphatic carbocycles. The lowest BCUT2D eigenvalue weighted by Crippen LogP contribution is -2.39. The number of hydrogen-bond acceptors (Lipinski definition) is 6. The van der Waals surface area contributed by atoms with Crippen LogP contribution in [0.1, 0.15) is 41.1 Å². The Kier molecular flexibility index (Phi) is 6.19. The number of carbonyl (C=O) groups excluding carboxylic acids is 2. The quantitative estimate of drug-likeness (QED) is 0.314. The highest BCUT2D eigenvalue weighted by atomic mass is 16.6. The molecule has 1 saturated heterocycles. The first-order chi connectivity index (χ1) is 17.4. The molecule has 2 aromatic heterocycles. The van der Waals surface area contributed by atoms with Crippen LogP contribution in [0.25, 0.3) is 16.6 Å². The largest absolute Gasteiger partial charge is 0.434 e. The topological polar surface area (TPSA) is 142 Å². The van der Waals surface area contributed by atoms with E-state index in [0.717, 1.165) is 29.5 Å². The molecule has 11 heteroatoms. The zero-order valence-corrected chi connectivity index (χ0v) is 19.5. The van der Waals surface area contributed by atoms with Gasteiger partial charge in [-0.05, 0) is 41.5 Å². The van der Waals surface area contributed by atoms with Gasteiger partial charge in [0.25, 0.3) is 5.91 Å². The van der Waals surface area contributed by atoms with E-state index in [9.17, 15) is 19.7 Å². The monoisotopic (exact) mass is 487 g/mol. The van der Waals surface area contributed by atoms with Crippen LogP contribution in [0.2, 0.25) is 0 Å². The van der Waals surface area contributed by atoms with Gasteiger partial charge in [-0.1, -0.05) is 29.2 Å². The van der Waals surface area contributed by atoms with E-state index >= 15 is 0 Å². The van der Waals surface area contributed by atoms with Crippen LogP contribution in [0.15, 0.2) is 61.1 Å². The maximum atomic E-state index is 12.8. The first-order valence-corrected chi connectivity index (χ1v) is 11.7. The predicted molar refractivity (Wildman–Crippen MR) is 132 cm³/mol. The molecule has 2 N–H and O–H groups in total. The highest BCUT2D eigenvalue weighted by Crippen LogP contribution is 2.28. The Labute approximate surface area is 206 Å². The Bertz CT molecular complexity index is 1440. The molecule has 0 radical (unpaired) electrons. The van der Waals surface area contributed by atoms with E-state index in [4.69, 9.17) is 5.73 Å². The molecule has 0 spiro atoms. The van der Waals surface area contributed by atoms with Crippen molar-refractivity contribution in [2.24, 2.45) is 5.73 Å². The second-order valence-corrected chi connectivity index (χ2v) is 8.88. The van der Waals surface area contributed by atoms with Crippen molar-refractivity contribution in [2.45, 2.75) is 31.7 Å². The first kappa shape index (κ1) is 23.2. The van der Waals surface area contributed by atoms with E-state index in [2.05, 4.69) is 10.1 Å². The highest BCUT2D eigenvalue weighted by molar-refractivity contribution is 6.04. The lowest BCUT2D eigenvalue weighted by Gasteiger charge is -2.33. The summed E-state index contributed by atoms with van der Waals surface area (Å²) in [5.74, 6) is -0.582. The summed E-state index contributed by atoms with van der Waals surface area (Å²) in [6.07, 6.45) is 6.80. The number of nitrogens with two attached hydrogens (primary N) is 1. The number of nitrogens with zero attached hydrogens (tertiary/aromatic N) is 6. The summed E-state index contributed by atoms with van der Waals surface area (Å²) in [5.41, 5.74) is 8.42. The van der Waals surface area contributed by atoms with Crippen LogP contribution in [-0.4, -0.2) is 54.1 Å². The summed E-state index contributed by atoms with van der Waals surface area (Å²) >= 11 is 0. The normalized spacial score (nSPS) is 15.8. The number of fused-ring (bicyclic) bond motifs is 1. The number of aryl methyl sites for hydroxylation is 1. The molecule has 36 heavy (non-hydrogen) atoms. The molecular weight excluding hydrogens is 462 g/mol. The van der Waals surface area contributed by atoms with Crippen molar-refractivity contribution in [3.8, 4) is 5.69 Å². The van der Waals surface area contributed by atoms with Crippen molar-refractivity contribution in [2.75, 3.05) is 13.1 Å². The number of piperidine rings is 1. The fourth-order valence-corrected chi connectivity index (χ4v) is 4.77. The van der Waals surface area contributed by atoms with Crippen molar-refractivity contribution in [3.63, 3.8) is 0 Å². The predicted octanol–water partition coefficient (Wildman–Crippen LogP) is 3.03. The molecular formula is C25H25N7O4. The average molecular weight is 488 g/mol. The molecule has 4 aromatic rings. The zero-order valence-electron chi connectivity index (χ0n) is 19.5. The lowest BCUT2D eigenvalue weighted by atomic mass is 9.90. The summed E-state index contributed by atoms with van der Waals surface area (Å²) in [5, 5.41) is 16.4. The zero-order chi connectivity index (χ0) is 25.2. The van der Waals surface area contributed by atoms with Crippen LogP contribution < -0.4 is 5.73 Å². The number of rotatable bonds is 7. The minimum Gasteiger partial charge on any atom is -0.390 e. The third-order valence-electron chi connectivity index (χ3n) is 6.63. The summed E-state index contributed by atoms with van der Waals surface area (Å²) < 4.78 is 3.12. The molecule has 0 saturated carbocycles. The lowest BCUT2D eigenvalue weighted by molar-refractivity contribution is -0.396. The van der Waals surface area contributed by atoms with Crippen LogP contribution in [-0.2, 0) is 11.3 Å². The van der Waals surface area contributed by atoms with Gasteiger partial charge >= 0.3 is 5.95 Å². The van der Waals surface area contributed by atoms with E-state index in [0.29, 0.717) is 24.2 Å². The molecule has 0 bridgehead atoms. The molecule has 2 aromatic carbocycles. The second-order valence-electron chi connectivity index (χ2n) is 8.88. The molecule has 5 rings (SSSR count). The Morgan fingerprint density at radius 3 is 2.72 bits per heavy atom. The van der Waals surface area contributed by atoms with Gasteiger partial charge in [-0.15, -0.1) is 0 Å². The van der Waals surface area contributed by atoms with Gasteiger partial charge in [0.15, 0.2) is 0 Å². The van der Waals surface area contributed by atoms with Gasteiger partial charge in [-0.2, -0.15) is 5.10 Å². The Hall–Kier alpha value is -4.54. The minimum absolute atomic E-state index is 0.0206. The number of carbonyl (C=O) groups is 2. The van der Waals surface area contributed by atoms with Crippen LogP contribution in [0.4, 0.5) is 5.95 Å². The number of likely N-dealkylation sites (tertiary alicyclic amines) is 1. The van der Waals surface area contributed by atoms with Crippen molar-refractivity contribution in [1.29, 1.82) is 0 Å².